The Morgan fingerprint density at radius 3 is 2.13 bits per heavy atom. The van der Waals surface area contributed by atoms with Gasteiger partial charge >= 0.3 is 17.9 Å². The lowest BCUT2D eigenvalue weighted by Crippen LogP contribution is -2.22. The Balaban J connectivity index is 2.02. The summed E-state index contributed by atoms with van der Waals surface area (Å²) in [7, 11) is 1.44. The van der Waals surface area contributed by atoms with Crippen LogP contribution in [0.2, 0.25) is 0 Å². The van der Waals surface area contributed by atoms with Crippen LogP contribution in [0.5, 0.6) is 28.7 Å². The number of fused-ring (bicyclic) bond motifs is 1. The van der Waals surface area contributed by atoms with E-state index in [1.165, 1.54) is 40.0 Å². The summed E-state index contributed by atoms with van der Waals surface area (Å²) in [5, 5.41) is 0. The lowest BCUT2D eigenvalue weighted by atomic mass is 9.95. The zero-order valence-electron chi connectivity index (χ0n) is 17.3. The number of rotatable bonds is 5. The highest BCUT2D eigenvalue weighted by molar-refractivity contribution is 6.03. The molecule has 0 unspecified atom stereocenters. The van der Waals surface area contributed by atoms with Crippen molar-refractivity contribution in [3.63, 3.8) is 0 Å². The largest absolute Gasteiger partial charge is 0.493 e. The Morgan fingerprint density at radius 2 is 1.52 bits per heavy atom. The first-order chi connectivity index (χ1) is 14.7. The first-order valence-electron chi connectivity index (χ1n) is 9.29. The molecule has 0 saturated heterocycles. The molecule has 1 heterocycles. The number of hydrogen-bond donors (Lipinski definition) is 0. The van der Waals surface area contributed by atoms with E-state index in [1.807, 2.05) is 0 Å². The van der Waals surface area contributed by atoms with Crippen LogP contribution in [-0.4, -0.2) is 30.8 Å². The van der Waals surface area contributed by atoms with Gasteiger partial charge in [-0.2, -0.15) is 0 Å². The minimum atomic E-state index is -0.724. The summed E-state index contributed by atoms with van der Waals surface area (Å²) in [5.41, 5.74) is 0.638. The maximum Gasteiger partial charge on any atom is 0.308 e. The van der Waals surface area contributed by atoms with E-state index in [2.05, 4.69) is 0 Å². The zero-order valence-corrected chi connectivity index (χ0v) is 17.3. The van der Waals surface area contributed by atoms with Crippen LogP contribution in [0.3, 0.4) is 0 Å². The molecule has 0 saturated carbocycles. The third-order valence-electron chi connectivity index (χ3n) is 4.29. The predicted octanol–water partition coefficient (Wildman–Crippen LogP) is 3.18. The van der Waals surface area contributed by atoms with Crippen LogP contribution in [0.15, 0.2) is 30.3 Å². The van der Waals surface area contributed by atoms with Crippen molar-refractivity contribution in [2.75, 3.05) is 7.11 Å². The Kier molecular flexibility index (Phi) is 6.24. The van der Waals surface area contributed by atoms with Crippen LogP contribution in [0.25, 0.3) is 0 Å². The van der Waals surface area contributed by atoms with Crippen LogP contribution >= 0.6 is 0 Å². The van der Waals surface area contributed by atoms with Crippen molar-refractivity contribution >= 4 is 23.7 Å². The molecule has 1 atom stereocenters. The molecular formula is C22H20O9. The zero-order chi connectivity index (χ0) is 22.7. The number of carbonyl (C=O) groups is 4. The van der Waals surface area contributed by atoms with Crippen molar-refractivity contribution in [3.05, 3.63) is 41.5 Å². The van der Waals surface area contributed by atoms with E-state index in [4.69, 9.17) is 23.7 Å². The number of ether oxygens (including phenoxy) is 5. The molecule has 2 aromatic rings. The fraction of sp³-hybridized carbons (Fsp3) is 0.273. The molecule has 0 fully saturated rings. The number of Topliss-reactive ketones (excluding diaryl/α,β-unsaturated/α-hetero) is 1. The van der Waals surface area contributed by atoms with Crippen molar-refractivity contribution in [1.29, 1.82) is 0 Å². The number of methoxy groups -OCH3 is 1. The number of esters is 3. The maximum atomic E-state index is 12.9. The second kappa shape index (κ2) is 8.86. The highest BCUT2D eigenvalue weighted by Crippen LogP contribution is 2.43. The standard InChI is InChI=1S/C22H20O9/c1-11(23)28-15-8-20(30-13(3)25)22-16(26)10-18(31-21(22)9-15)14-5-6-17(27-4)19(7-14)29-12(2)24/h5-9,18H,10H2,1-4H3/t18-/m1/s1. The molecule has 0 radical (unpaired) electrons. The van der Waals surface area contributed by atoms with Crippen LogP contribution < -0.4 is 23.7 Å². The number of hydrogen-bond acceptors (Lipinski definition) is 9. The summed E-state index contributed by atoms with van der Waals surface area (Å²) in [4.78, 5) is 47.1. The Morgan fingerprint density at radius 1 is 0.871 bits per heavy atom. The van der Waals surface area contributed by atoms with E-state index in [9.17, 15) is 19.2 Å². The van der Waals surface area contributed by atoms with Gasteiger partial charge < -0.3 is 23.7 Å². The highest BCUT2D eigenvalue weighted by atomic mass is 16.6. The average Bonchev–Trinajstić information content (AvgIpc) is 2.65. The smallest absolute Gasteiger partial charge is 0.308 e. The molecule has 9 nitrogen and oxygen atoms in total. The normalized spacial score (nSPS) is 14.7. The molecular weight excluding hydrogens is 408 g/mol. The number of benzene rings is 2. The van der Waals surface area contributed by atoms with Gasteiger partial charge in [0.1, 0.15) is 28.9 Å². The summed E-state index contributed by atoms with van der Waals surface area (Å²) < 4.78 is 26.6. The molecule has 0 spiro atoms. The van der Waals surface area contributed by atoms with Gasteiger partial charge in [0.2, 0.25) is 0 Å². The summed E-state index contributed by atoms with van der Waals surface area (Å²) >= 11 is 0. The molecule has 0 bridgehead atoms. The van der Waals surface area contributed by atoms with Gasteiger partial charge in [-0.15, -0.1) is 0 Å². The van der Waals surface area contributed by atoms with Gasteiger partial charge in [-0.05, 0) is 17.7 Å². The predicted molar refractivity (Wildman–Crippen MR) is 106 cm³/mol. The first kappa shape index (κ1) is 21.8. The summed E-state index contributed by atoms with van der Waals surface area (Å²) in [6.45, 7) is 3.67. The van der Waals surface area contributed by atoms with Gasteiger partial charge in [-0.3, -0.25) is 19.2 Å². The van der Waals surface area contributed by atoms with Crippen molar-refractivity contribution in [3.8, 4) is 28.7 Å². The molecule has 1 aliphatic rings. The van der Waals surface area contributed by atoms with Gasteiger partial charge in [0, 0.05) is 32.9 Å². The Hall–Kier alpha value is -3.88. The Labute approximate surface area is 177 Å². The van der Waals surface area contributed by atoms with Crippen molar-refractivity contribution in [1.82, 2.24) is 0 Å². The molecule has 2 aromatic carbocycles. The minimum Gasteiger partial charge on any atom is -0.493 e. The fourth-order valence-electron chi connectivity index (χ4n) is 3.17. The van der Waals surface area contributed by atoms with E-state index >= 15 is 0 Å². The van der Waals surface area contributed by atoms with Crippen LogP contribution in [0.4, 0.5) is 0 Å². The van der Waals surface area contributed by atoms with Crippen LogP contribution in [-0.2, 0) is 14.4 Å². The van der Waals surface area contributed by atoms with E-state index in [0.717, 1.165) is 0 Å². The molecule has 0 amide bonds. The summed E-state index contributed by atoms with van der Waals surface area (Å²) in [5.74, 6) is -1.46. The quantitative estimate of drug-likeness (QED) is 0.523. The molecule has 3 rings (SSSR count). The second-order valence-corrected chi connectivity index (χ2v) is 6.72. The SMILES string of the molecule is COc1ccc([C@H]2CC(=O)c3c(OC(C)=O)cc(OC(C)=O)cc3O2)cc1OC(C)=O. The Bertz CT molecular complexity index is 1070. The molecule has 0 aromatic heterocycles. The number of carbonyl (C=O) groups excluding carboxylic acids is 4. The minimum absolute atomic E-state index is 0.0555. The van der Waals surface area contributed by atoms with E-state index in [1.54, 1.807) is 18.2 Å². The van der Waals surface area contributed by atoms with Crippen LogP contribution in [0.1, 0.15) is 49.2 Å². The highest BCUT2D eigenvalue weighted by Gasteiger charge is 2.32. The summed E-state index contributed by atoms with van der Waals surface area (Å²) in [6.07, 6.45) is -0.780. The topological polar surface area (TPSA) is 114 Å². The van der Waals surface area contributed by atoms with Gasteiger partial charge in [0.25, 0.3) is 0 Å². The van der Waals surface area contributed by atoms with E-state index < -0.39 is 24.0 Å². The summed E-state index contributed by atoms with van der Waals surface area (Å²) in [6, 6.07) is 7.49. The third-order valence-corrected chi connectivity index (χ3v) is 4.29. The van der Waals surface area contributed by atoms with E-state index in [-0.39, 0.29) is 40.8 Å². The maximum absolute atomic E-state index is 12.9. The lowest BCUT2D eigenvalue weighted by Gasteiger charge is -2.27. The van der Waals surface area contributed by atoms with Gasteiger partial charge in [-0.25, -0.2) is 0 Å². The van der Waals surface area contributed by atoms with E-state index in [0.29, 0.717) is 11.3 Å². The first-order valence-corrected chi connectivity index (χ1v) is 9.29. The molecule has 162 valence electrons. The third kappa shape index (κ3) is 5.00. The van der Waals surface area contributed by atoms with Crippen molar-refractivity contribution < 1.29 is 42.9 Å². The monoisotopic (exact) mass is 428 g/mol. The van der Waals surface area contributed by atoms with Crippen molar-refractivity contribution in [2.45, 2.75) is 33.3 Å². The molecule has 31 heavy (non-hydrogen) atoms. The molecule has 0 aliphatic carbocycles. The number of ketones is 1. The second-order valence-electron chi connectivity index (χ2n) is 6.72. The molecule has 0 N–H and O–H groups in total. The van der Waals surface area contributed by atoms with Gasteiger partial charge in [0.15, 0.2) is 17.3 Å². The van der Waals surface area contributed by atoms with Gasteiger partial charge in [-0.1, -0.05) is 6.07 Å². The lowest BCUT2D eigenvalue weighted by molar-refractivity contribution is -0.133. The molecule has 1 aliphatic heterocycles. The van der Waals surface area contributed by atoms with Gasteiger partial charge in [0.05, 0.1) is 13.5 Å². The van der Waals surface area contributed by atoms with Crippen molar-refractivity contribution in [2.24, 2.45) is 0 Å². The average molecular weight is 428 g/mol. The van der Waals surface area contributed by atoms with Crippen LogP contribution in [0, 0.1) is 0 Å². The fourth-order valence-corrected chi connectivity index (χ4v) is 3.17. The molecule has 9 heteroatoms.